The van der Waals surface area contributed by atoms with Gasteiger partial charge >= 0.3 is 0 Å². The van der Waals surface area contributed by atoms with Gasteiger partial charge in [-0.05, 0) is 61.7 Å². The molecule has 1 aliphatic rings. The molecule has 1 heterocycles. The van der Waals surface area contributed by atoms with Crippen molar-refractivity contribution in [2.24, 2.45) is 0 Å². The van der Waals surface area contributed by atoms with E-state index in [1.807, 2.05) is 18.2 Å². The van der Waals surface area contributed by atoms with Crippen LogP contribution in [0.3, 0.4) is 0 Å². The van der Waals surface area contributed by atoms with Crippen LogP contribution >= 0.6 is 12.4 Å². The van der Waals surface area contributed by atoms with Crippen LogP contribution in [0.2, 0.25) is 0 Å². The fourth-order valence-corrected chi connectivity index (χ4v) is 5.51. The zero-order valence-corrected chi connectivity index (χ0v) is 21.2. The Morgan fingerprint density at radius 3 is 2.12 bits per heavy atom. The van der Waals surface area contributed by atoms with Gasteiger partial charge in [-0.15, -0.1) is 12.4 Å². The van der Waals surface area contributed by atoms with Crippen LogP contribution < -0.4 is 24.3 Å². The Labute approximate surface area is 202 Å². The van der Waals surface area contributed by atoms with Crippen LogP contribution in [-0.4, -0.2) is 60.8 Å². The molecule has 0 fully saturated rings. The maximum absolute atomic E-state index is 12.9. The van der Waals surface area contributed by atoms with Gasteiger partial charge in [0.05, 0.1) is 33.3 Å². The number of hydrogen-bond donors (Lipinski definition) is 1. The number of rotatable bonds is 12. The van der Waals surface area contributed by atoms with E-state index in [0.717, 1.165) is 49.4 Å². The van der Waals surface area contributed by atoms with Gasteiger partial charge in [-0.1, -0.05) is 6.07 Å². The summed E-state index contributed by atoms with van der Waals surface area (Å²) >= 11 is 0. The van der Waals surface area contributed by atoms with E-state index in [0.29, 0.717) is 29.5 Å². The lowest BCUT2D eigenvalue weighted by Crippen LogP contribution is -2.28. The average molecular weight is 501 g/mol. The largest absolute Gasteiger partial charge is 0.493 e. The van der Waals surface area contributed by atoms with Crippen LogP contribution in [0.5, 0.6) is 23.0 Å². The Balaban J connectivity index is 0.00000385. The smallest absolute Gasteiger partial charge is 0.243 e. The molecule has 0 amide bonds. The molecule has 184 valence electrons. The normalized spacial score (nSPS) is 14.3. The lowest BCUT2D eigenvalue weighted by atomic mass is 10.1. The highest BCUT2D eigenvalue weighted by molar-refractivity contribution is 7.89. The standard InChI is InChI=1S/C23H32N2O6S.ClH/c1-28-19-9-8-17(13-20(19)29-2)7-5-10-24-11-6-12-25-16-18-14-21(30-3)22(31-4)15-23(18)32(25,26)27;/h8-9,13-15,24H,5-7,10-12,16H2,1-4H3;1H. The predicted molar refractivity (Wildman–Crippen MR) is 130 cm³/mol. The summed E-state index contributed by atoms with van der Waals surface area (Å²) in [7, 11) is 2.80. The molecule has 0 atom stereocenters. The Morgan fingerprint density at radius 2 is 1.45 bits per heavy atom. The van der Waals surface area contributed by atoms with E-state index in [9.17, 15) is 8.42 Å². The second-order valence-electron chi connectivity index (χ2n) is 7.55. The maximum atomic E-state index is 12.9. The Bertz CT molecular complexity index is 1030. The van der Waals surface area contributed by atoms with Crippen LogP contribution in [0.4, 0.5) is 0 Å². The lowest BCUT2D eigenvalue weighted by molar-refractivity contribution is 0.353. The molecule has 0 unspecified atom stereocenters. The molecule has 2 aromatic rings. The monoisotopic (exact) mass is 500 g/mol. The molecule has 0 spiro atoms. The second-order valence-corrected chi connectivity index (χ2v) is 9.46. The highest BCUT2D eigenvalue weighted by Crippen LogP contribution is 2.38. The summed E-state index contributed by atoms with van der Waals surface area (Å²) in [5.74, 6) is 2.43. The summed E-state index contributed by atoms with van der Waals surface area (Å²) in [6.07, 6.45) is 2.63. The minimum absolute atomic E-state index is 0. The van der Waals surface area contributed by atoms with Crippen molar-refractivity contribution in [2.75, 3.05) is 48.1 Å². The third-order valence-electron chi connectivity index (χ3n) is 5.56. The number of methoxy groups -OCH3 is 4. The molecule has 0 bridgehead atoms. The molecular formula is C23H33ClN2O6S. The number of hydrogen-bond acceptors (Lipinski definition) is 7. The van der Waals surface area contributed by atoms with Gasteiger partial charge in [0.1, 0.15) is 0 Å². The highest BCUT2D eigenvalue weighted by Gasteiger charge is 2.35. The van der Waals surface area contributed by atoms with Gasteiger partial charge in [-0.25, -0.2) is 8.42 Å². The minimum Gasteiger partial charge on any atom is -0.493 e. The lowest BCUT2D eigenvalue weighted by Gasteiger charge is -2.14. The molecule has 0 saturated heterocycles. The molecule has 33 heavy (non-hydrogen) atoms. The average Bonchev–Trinajstić information content (AvgIpc) is 3.05. The summed E-state index contributed by atoms with van der Waals surface area (Å²) in [4.78, 5) is 0.304. The first-order valence-corrected chi connectivity index (χ1v) is 12.0. The predicted octanol–water partition coefficient (Wildman–Crippen LogP) is 3.26. The number of ether oxygens (including phenoxy) is 4. The number of halogens is 1. The topological polar surface area (TPSA) is 86.3 Å². The van der Waals surface area contributed by atoms with Crippen LogP contribution in [0.1, 0.15) is 24.0 Å². The second kappa shape index (κ2) is 12.3. The molecular weight excluding hydrogens is 468 g/mol. The van der Waals surface area contributed by atoms with Gasteiger partial charge in [-0.3, -0.25) is 0 Å². The van der Waals surface area contributed by atoms with Gasteiger partial charge in [0.25, 0.3) is 0 Å². The fourth-order valence-electron chi connectivity index (χ4n) is 3.84. The molecule has 10 heteroatoms. The van der Waals surface area contributed by atoms with Crippen molar-refractivity contribution in [1.29, 1.82) is 0 Å². The van der Waals surface area contributed by atoms with Crippen molar-refractivity contribution in [3.05, 3.63) is 41.5 Å². The van der Waals surface area contributed by atoms with Crippen LogP contribution in [0.25, 0.3) is 0 Å². The number of nitrogens with one attached hydrogen (secondary N) is 1. The molecule has 2 aromatic carbocycles. The van der Waals surface area contributed by atoms with E-state index < -0.39 is 10.0 Å². The van der Waals surface area contributed by atoms with E-state index in [4.69, 9.17) is 18.9 Å². The molecule has 0 aliphatic carbocycles. The van der Waals surface area contributed by atoms with Gasteiger partial charge in [0.15, 0.2) is 23.0 Å². The third-order valence-corrected chi connectivity index (χ3v) is 7.49. The Morgan fingerprint density at radius 1 is 0.848 bits per heavy atom. The first-order chi connectivity index (χ1) is 15.4. The summed E-state index contributed by atoms with van der Waals surface area (Å²) in [6.45, 7) is 2.43. The van der Waals surface area contributed by atoms with Crippen LogP contribution in [0, 0.1) is 0 Å². The Kier molecular flexibility index (Phi) is 10.1. The van der Waals surface area contributed by atoms with Crippen molar-refractivity contribution in [3.63, 3.8) is 0 Å². The quantitative estimate of drug-likeness (QED) is 0.447. The van der Waals surface area contributed by atoms with Crippen LogP contribution in [0.15, 0.2) is 35.2 Å². The number of fused-ring (bicyclic) bond motifs is 1. The number of benzene rings is 2. The SMILES string of the molecule is COc1ccc(CCCNCCCN2Cc3cc(OC)c(OC)cc3S2(=O)=O)cc1OC.Cl. The summed E-state index contributed by atoms with van der Waals surface area (Å²) < 4.78 is 48.4. The van der Waals surface area contributed by atoms with Crippen molar-refractivity contribution in [3.8, 4) is 23.0 Å². The van der Waals surface area contributed by atoms with E-state index >= 15 is 0 Å². The van der Waals surface area contributed by atoms with Crippen molar-refractivity contribution in [1.82, 2.24) is 9.62 Å². The molecule has 0 radical (unpaired) electrons. The minimum atomic E-state index is -3.50. The fraction of sp³-hybridized carbons (Fsp3) is 0.478. The van der Waals surface area contributed by atoms with E-state index in [1.165, 1.54) is 17.0 Å². The third kappa shape index (κ3) is 6.23. The molecule has 3 rings (SSSR count). The highest BCUT2D eigenvalue weighted by atomic mass is 35.5. The number of sulfonamides is 1. The molecule has 1 aliphatic heterocycles. The molecule has 8 nitrogen and oxygen atoms in total. The number of nitrogens with zero attached hydrogens (tertiary/aromatic N) is 1. The Hall–Kier alpha value is -2.20. The first kappa shape index (κ1) is 27.0. The molecule has 0 saturated carbocycles. The summed E-state index contributed by atoms with van der Waals surface area (Å²) in [6, 6.07) is 9.26. The summed E-state index contributed by atoms with van der Waals surface area (Å²) in [5, 5.41) is 3.40. The zero-order chi connectivity index (χ0) is 23.1. The number of aryl methyl sites for hydroxylation is 1. The van der Waals surface area contributed by atoms with Crippen molar-refractivity contribution >= 4 is 22.4 Å². The van der Waals surface area contributed by atoms with Crippen LogP contribution in [-0.2, 0) is 23.0 Å². The van der Waals surface area contributed by atoms with E-state index in [2.05, 4.69) is 5.32 Å². The van der Waals surface area contributed by atoms with Gasteiger partial charge in [0, 0.05) is 19.2 Å². The first-order valence-electron chi connectivity index (χ1n) is 10.6. The maximum Gasteiger partial charge on any atom is 0.243 e. The van der Waals surface area contributed by atoms with Crippen molar-refractivity contribution in [2.45, 2.75) is 30.7 Å². The summed E-state index contributed by atoms with van der Waals surface area (Å²) in [5.41, 5.74) is 1.93. The van der Waals surface area contributed by atoms with Gasteiger partial charge in [0.2, 0.25) is 10.0 Å². The molecule has 0 aromatic heterocycles. The van der Waals surface area contributed by atoms with Crippen molar-refractivity contribution < 1.29 is 27.4 Å². The molecule has 1 N–H and O–H groups in total. The van der Waals surface area contributed by atoms with E-state index in [-0.39, 0.29) is 12.4 Å². The van der Waals surface area contributed by atoms with Gasteiger partial charge in [-0.2, -0.15) is 4.31 Å². The zero-order valence-electron chi connectivity index (χ0n) is 19.5. The van der Waals surface area contributed by atoms with E-state index in [1.54, 1.807) is 33.5 Å². The van der Waals surface area contributed by atoms with Gasteiger partial charge < -0.3 is 24.3 Å².